The lowest BCUT2D eigenvalue weighted by atomic mass is 10.2. The third-order valence-corrected chi connectivity index (χ3v) is 4.36. The van der Waals surface area contributed by atoms with Gasteiger partial charge in [-0.15, -0.1) is 0 Å². The molecule has 0 unspecified atom stereocenters. The molecule has 0 atom stereocenters. The average molecular weight is 330 g/mol. The van der Waals surface area contributed by atoms with Gasteiger partial charge in [0, 0.05) is 16.7 Å². The van der Waals surface area contributed by atoms with Crippen molar-refractivity contribution in [3.63, 3.8) is 0 Å². The van der Waals surface area contributed by atoms with Crippen LogP contribution in [0.1, 0.15) is 23.2 Å². The first-order valence-electron chi connectivity index (χ1n) is 5.15. The maximum absolute atomic E-state index is 13.4. The van der Waals surface area contributed by atoms with Gasteiger partial charge < -0.3 is 5.32 Å². The standard InChI is InChI=1S/C10H7Cl2F2NO3S/c11-7-5(10(16)15-4-1-2-4)3-6(13)8(14)9(7)19(12,17)18/h3-4H,1-2H2,(H,15,16). The van der Waals surface area contributed by atoms with Crippen LogP contribution in [0.4, 0.5) is 8.78 Å². The second-order valence-corrected chi connectivity index (χ2v) is 6.93. The van der Waals surface area contributed by atoms with E-state index in [0.29, 0.717) is 6.07 Å². The molecule has 0 saturated heterocycles. The summed E-state index contributed by atoms with van der Waals surface area (Å²) in [6.07, 6.45) is 1.54. The zero-order valence-corrected chi connectivity index (χ0v) is 11.5. The lowest BCUT2D eigenvalue weighted by Gasteiger charge is -2.09. The number of hydrogen-bond acceptors (Lipinski definition) is 3. The second kappa shape index (κ2) is 4.88. The van der Waals surface area contributed by atoms with E-state index in [1.54, 1.807) is 0 Å². The fraction of sp³-hybridized carbons (Fsp3) is 0.300. The van der Waals surface area contributed by atoms with Crippen molar-refractivity contribution in [2.45, 2.75) is 23.8 Å². The third-order valence-electron chi connectivity index (χ3n) is 2.52. The van der Waals surface area contributed by atoms with E-state index in [4.69, 9.17) is 22.3 Å². The van der Waals surface area contributed by atoms with Crippen molar-refractivity contribution in [2.24, 2.45) is 0 Å². The molecule has 9 heteroatoms. The average Bonchev–Trinajstić information content (AvgIpc) is 3.05. The predicted molar refractivity (Wildman–Crippen MR) is 64.9 cm³/mol. The van der Waals surface area contributed by atoms with Crippen LogP contribution in [0, 0.1) is 11.6 Å². The van der Waals surface area contributed by atoms with E-state index in [1.807, 2.05) is 0 Å². The minimum absolute atomic E-state index is 0.0484. The van der Waals surface area contributed by atoms with E-state index in [-0.39, 0.29) is 6.04 Å². The zero-order chi connectivity index (χ0) is 14.4. The summed E-state index contributed by atoms with van der Waals surface area (Å²) in [5.41, 5.74) is -0.466. The van der Waals surface area contributed by atoms with Gasteiger partial charge in [-0.25, -0.2) is 17.2 Å². The van der Waals surface area contributed by atoms with Crippen molar-refractivity contribution < 1.29 is 22.0 Å². The van der Waals surface area contributed by atoms with E-state index >= 15 is 0 Å². The number of nitrogens with one attached hydrogen (secondary N) is 1. The van der Waals surface area contributed by atoms with E-state index in [2.05, 4.69) is 5.32 Å². The van der Waals surface area contributed by atoms with Gasteiger partial charge in [-0.1, -0.05) is 11.6 Å². The SMILES string of the molecule is O=C(NC1CC1)c1cc(F)c(F)c(S(=O)(=O)Cl)c1Cl. The highest BCUT2D eigenvalue weighted by molar-refractivity contribution is 8.13. The highest BCUT2D eigenvalue weighted by Gasteiger charge is 2.31. The zero-order valence-electron chi connectivity index (χ0n) is 9.21. The predicted octanol–water partition coefficient (Wildman–Crippen LogP) is 2.44. The molecule has 1 aliphatic carbocycles. The van der Waals surface area contributed by atoms with Crippen LogP contribution in [0.15, 0.2) is 11.0 Å². The van der Waals surface area contributed by atoms with Crippen molar-refractivity contribution in [3.8, 4) is 0 Å². The lowest BCUT2D eigenvalue weighted by molar-refractivity contribution is 0.0950. The summed E-state index contributed by atoms with van der Waals surface area (Å²) in [7, 11) is 0.375. The highest BCUT2D eigenvalue weighted by Crippen LogP contribution is 2.33. The third kappa shape index (κ3) is 2.98. The minimum atomic E-state index is -4.61. The van der Waals surface area contributed by atoms with Crippen molar-refractivity contribution in [1.29, 1.82) is 0 Å². The minimum Gasteiger partial charge on any atom is -0.349 e. The van der Waals surface area contributed by atoms with Gasteiger partial charge in [0.05, 0.1) is 10.6 Å². The van der Waals surface area contributed by atoms with Gasteiger partial charge in [0.15, 0.2) is 11.6 Å². The highest BCUT2D eigenvalue weighted by atomic mass is 35.7. The van der Waals surface area contributed by atoms with Crippen molar-refractivity contribution in [2.75, 3.05) is 0 Å². The molecule has 0 aliphatic heterocycles. The Kier molecular flexibility index (Phi) is 3.72. The summed E-state index contributed by atoms with van der Waals surface area (Å²) in [6, 6.07) is 0.494. The number of halogens is 4. The van der Waals surface area contributed by atoms with Crippen LogP contribution in [0.25, 0.3) is 0 Å². The molecule has 1 saturated carbocycles. The maximum atomic E-state index is 13.4. The Morgan fingerprint density at radius 2 is 1.95 bits per heavy atom. The number of hydrogen-bond donors (Lipinski definition) is 1. The molecular weight excluding hydrogens is 323 g/mol. The monoisotopic (exact) mass is 329 g/mol. The molecule has 19 heavy (non-hydrogen) atoms. The van der Waals surface area contributed by atoms with Crippen molar-refractivity contribution in [1.82, 2.24) is 5.32 Å². The van der Waals surface area contributed by atoms with E-state index in [1.165, 1.54) is 0 Å². The molecule has 0 radical (unpaired) electrons. The topological polar surface area (TPSA) is 63.2 Å². The molecule has 1 aliphatic rings. The lowest BCUT2D eigenvalue weighted by Crippen LogP contribution is -2.26. The molecule has 1 N–H and O–H groups in total. The van der Waals surface area contributed by atoms with Crippen molar-refractivity contribution in [3.05, 3.63) is 28.3 Å². The Hall–Kier alpha value is -0.920. The van der Waals surface area contributed by atoms with Crippen molar-refractivity contribution >= 4 is 37.2 Å². The molecule has 1 fully saturated rings. The van der Waals surface area contributed by atoms with Gasteiger partial charge in [-0.3, -0.25) is 4.79 Å². The molecule has 0 aromatic heterocycles. The number of carbonyl (C=O) groups is 1. The molecular formula is C10H7Cl2F2NO3S. The molecule has 2 rings (SSSR count). The van der Waals surface area contributed by atoms with E-state index in [0.717, 1.165) is 12.8 Å². The summed E-state index contributed by atoms with van der Waals surface area (Å²) in [6.45, 7) is 0. The molecule has 4 nitrogen and oxygen atoms in total. The van der Waals surface area contributed by atoms with E-state index < -0.39 is 42.1 Å². The molecule has 0 spiro atoms. The molecule has 1 aromatic rings. The summed E-state index contributed by atoms with van der Waals surface area (Å²) in [4.78, 5) is 10.5. The van der Waals surface area contributed by atoms with Gasteiger partial charge in [-0.2, -0.15) is 0 Å². The number of carbonyl (C=O) groups excluding carboxylic acids is 1. The Morgan fingerprint density at radius 3 is 2.42 bits per heavy atom. The van der Waals surface area contributed by atoms with Crippen LogP contribution in [0.2, 0.25) is 5.02 Å². The first-order chi connectivity index (χ1) is 8.71. The Bertz CT molecular complexity index is 659. The summed E-state index contributed by atoms with van der Waals surface area (Å²) >= 11 is 5.64. The van der Waals surface area contributed by atoms with Gasteiger partial charge >= 0.3 is 0 Å². The first kappa shape index (κ1) is 14.5. The molecule has 1 amide bonds. The van der Waals surface area contributed by atoms with Crippen LogP contribution in [0.5, 0.6) is 0 Å². The molecule has 0 bridgehead atoms. The second-order valence-electron chi connectivity index (χ2n) is 4.05. The largest absolute Gasteiger partial charge is 0.349 e. The summed E-state index contributed by atoms with van der Waals surface area (Å²) < 4.78 is 49.1. The Labute approximate surface area is 117 Å². The number of rotatable bonds is 3. The fourth-order valence-corrected chi connectivity index (χ4v) is 3.17. The molecule has 104 valence electrons. The summed E-state index contributed by atoms with van der Waals surface area (Å²) in [5.74, 6) is -3.99. The van der Waals surface area contributed by atoms with Crippen LogP contribution in [0.3, 0.4) is 0 Å². The maximum Gasteiger partial charge on any atom is 0.265 e. The van der Waals surface area contributed by atoms with Gasteiger partial charge in [0.1, 0.15) is 4.90 Å². The quantitative estimate of drug-likeness (QED) is 0.684. The van der Waals surface area contributed by atoms with Gasteiger partial charge in [0.25, 0.3) is 15.0 Å². The van der Waals surface area contributed by atoms with E-state index in [9.17, 15) is 22.0 Å². The molecule has 0 heterocycles. The summed E-state index contributed by atoms with van der Waals surface area (Å²) in [5, 5.41) is 1.76. The molecule has 1 aromatic carbocycles. The number of benzene rings is 1. The first-order valence-corrected chi connectivity index (χ1v) is 7.83. The van der Waals surface area contributed by atoms with Gasteiger partial charge in [-0.05, 0) is 18.9 Å². The van der Waals surface area contributed by atoms with Crippen LogP contribution < -0.4 is 5.32 Å². The smallest absolute Gasteiger partial charge is 0.265 e. The number of amides is 1. The normalized spacial score (nSPS) is 15.4. The Morgan fingerprint density at radius 1 is 1.37 bits per heavy atom. The fourth-order valence-electron chi connectivity index (χ4n) is 1.45. The van der Waals surface area contributed by atoms with Crippen LogP contribution in [-0.2, 0) is 9.05 Å². The Balaban J connectivity index is 2.56. The van der Waals surface area contributed by atoms with Gasteiger partial charge in [0.2, 0.25) is 0 Å². The van der Waals surface area contributed by atoms with Crippen LogP contribution in [-0.4, -0.2) is 20.4 Å². The van der Waals surface area contributed by atoms with Crippen LogP contribution >= 0.6 is 22.3 Å².